The molecule has 0 saturated heterocycles. The van der Waals surface area contributed by atoms with E-state index in [1.807, 2.05) is 32.0 Å². The van der Waals surface area contributed by atoms with E-state index in [1.165, 1.54) is 0 Å². The zero-order valence-electron chi connectivity index (χ0n) is 16.1. The maximum atomic E-state index is 12.4. The molecule has 9 nitrogen and oxygen atoms in total. The Balaban J connectivity index is 1.85. The molecular formula is C18H23N7O2. The summed E-state index contributed by atoms with van der Waals surface area (Å²) in [7, 11) is 7.20. The molecule has 0 atom stereocenters. The van der Waals surface area contributed by atoms with Gasteiger partial charge >= 0.3 is 11.7 Å². The summed E-state index contributed by atoms with van der Waals surface area (Å²) in [6, 6.07) is 3.33. The van der Waals surface area contributed by atoms with Gasteiger partial charge in [0, 0.05) is 34.4 Å². The number of aromatic nitrogens is 4. The smallest absolute Gasteiger partial charge is 0.328 e. The first kappa shape index (κ1) is 18.4. The van der Waals surface area contributed by atoms with E-state index < -0.39 is 0 Å². The average Bonchev–Trinajstić information content (AvgIpc) is 2.84. The van der Waals surface area contributed by atoms with Crippen molar-refractivity contribution in [2.24, 2.45) is 14.1 Å². The first-order valence-corrected chi connectivity index (χ1v) is 8.47. The summed E-state index contributed by atoms with van der Waals surface area (Å²) < 4.78 is 3.14. The third kappa shape index (κ3) is 3.62. The molecule has 2 heterocycles. The molecule has 2 N–H and O–H groups in total. The third-order valence-corrected chi connectivity index (χ3v) is 4.38. The minimum absolute atomic E-state index is 0.116. The topological polar surface area (TPSA) is 97.1 Å². The van der Waals surface area contributed by atoms with Gasteiger partial charge < -0.3 is 15.5 Å². The summed E-state index contributed by atoms with van der Waals surface area (Å²) in [5, 5.41) is 5.62. The van der Waals surface area contributed by atoms with Gasteiger partial charge in [0.2, 0.25) is 0 Å². The van der Waals surface area contributed by atoms with Crippen LogP contribution in [0.3, 0.4) is 0 Å². The Bertz CT molecular complexity index is 1050. The lowest BCUT2D eigenvalue weighted by atomic mass is 10.2. The van der Waals surface area contributed by atoms with Crippen LogP contribution in [0.15, 0.2) is 29.3 Å². The van der Waals surface area contributed by atoms with Crippen LogP contribution in [-0.2, 0) is 20.6 Å². The SMILES string of the molecule is Cc1cnc(CNC(=O)Nc2cc3c(cc2N(C)C)n(C)c(=O)n3C)cn1. The fourth-order valence-corrected chi connectivity index (χ4v) is 2.85. The van der Waals surface area contributed by atoms with E-state index in [2.05, 4.69) is 20.6 Å². The number of carbonyl (C=O) groups excluding carboxylic acids is 1. The summed E-state index contributed by atoms with van der Waals surface area (Å²) >= 11 is 0. The lowest BCUT2D eigenvalue weighted by Gasteiger charge is -2.19. The fourth-order valence-electron chi connectivity index (χ4n) is 2.85. The van der Waals surface area contributed by atoms with Crippen molar-refractivity contribution < 1.29 is 4.79 Å². The molecule has 0 saturated carbocycles. The summed E-state index contributed by atoms with van der Waals surface area (Å²) in [6.07, 6.45) is 3.29. The van der Waals surface area contributed by atoms with E-state index in [0.717, 1.165) is 22.4 Å². The van der Waals surface area contributed by atoms with Gasteiger partial charge in [-0.15, -0.1) is 0 Å². The molecule has 9 heteroatoms. The molecule has 0 unspecified atom stereocenters. The molecule has 0 radical (unpaired) electrons. The number of rotatable bonds is 4. The number of carbonyl (C=O) groups is 1. The third-order valence-electron chi connectivity index (χ3n) is 4.38. The largest absolute Gasteiger partial charge is 0.376 e. The molecule has 0 aliphatic heterocycles. The standard InChI is InChI=1S/C18H23N7O2/c1-11-8-20-12(9-19-11)10-21-17(26)22-13-6-15-16(7-14(13)23(2)3)25(5)18(27)24(15)4/h6-9H,10H2,1-5H3,(H2,21,22,26). The molecular weight excluding hydrogens is 346 g/mol. The normalized spacial score (nSPS) is 10.9. The van der Waals surface area contributed by atoms with Gasteiger partial charge in [-0.05, 0) is 19.1 Å². The summed E-state index contributed by atoms with van der Waals surface area (Å²) in [5.74, 6) is 0. The quantitative estimate of drug-likeness (QED) is 0.724. The Morgan fingerprint density at radius 3 is 2.37 bits per heavy atom. The van der Waals surface area contributed by atoms with Gasteiger partial charge in [-0.2, -0.15) is 0 Å². The number of amides is 2. The van der Waals surface area contributed by atoms with Crippen molar-refractivity contribution in [1.82, 2.24) is 24.4 Å². The predicted molar refractivity (Wildman–Crippen MR) is 105 cm³/mol. The van der Waals surface area contributed by atoms with E-state index in [1.54, 1.807) is 41.7 Å². The van der Waals surface area contributed by atoms with Crippen molar-refractivity contribution in [3.8, 4) is 0 Å². The van der Waals surface area contributed by atoms with Crippen LogP contribution >= 0.6 is 0 Å². The van der Waals surface area contributed by atoms with Crippen molar-refractivity contribution in [2.75, 3.05) is 24.3 Å². The summed E-state index contributed by atoms with van der Waals surface area (Å²) in [6.45, 7) is 2.12. The molecule has 27 heavy (non-hydrogen) atoms. The number of nitrogens with one attached hydrogen (secondary N) is 2. The van der Waals surface area contributed by atoms with Crippen molar-refractivity contribution in [3.63, 3.8) is 0 Å². The number of nitrogens with zero attached hydrogens (tertiary/aromatic N) is 5. The Hall–Kier alpha value is -3.36. The maximum absolute atomic E-state index is 12.4. The molecule has 1 aromatic carbocycles. The van der Waals surface area contributed by atoms with Crippen LogP contribution in [0.25, 0.3) is 11.0 Å². The van der Waals surface area contributed by atoms with Gasteiger partial charge in [0.25, 0.3) is 0 Å². The van der Waals surface area contributed by atoms with Crippen LogP contribution in [-0.4, -0.2) is 39.2 Å². The number of fused-ring (bicyclic) bond motifs is 1. The zero-order chi connectivity index (χ0) is 19.7. The van der Waals surface area contributed by atoms with Crippen LogP contribution in [0.2, 0.25) is 0 Å². The average molecular weight is 369 g/mol. The highest BCUT2D eigenvalue weighted by Crippen LogP contribution is 2.29. The monoisotopic (exact) mass is 369 g/mol. The molecule has 142 valence electrons. The lowest BCUT2D eigenvalue weighted by molar-refractivity contribution is 0.251. The number of hydrogen-bond acceptors (Lipinski definition) is 5. The minimum atomic E-state index is -0.360. The molecule has 0 fully saturated rings. The first-order valence-electron chi connectivity index (χ1n) is 8.47. The molecule has 2 amide bonds. The van der Waals surface area contributed by atoms with Crippen LogP contribution in [0, 0.1) is 6.92 Å². The maximum Gasteiger partial charge on any atom is 0.328 e. The highest BCUT2D eigenvalue weighted by molar-refractivity contribution is 5.97. The van der Waals surface area contributed by atoms with Gasteiger partial charge in [0.15, 0.2) is 0 Å². The van der Waals surface area contributed by atoms with Crippen molar-refractivity contribution in [2.45, 2.75) is 13.5 Å². The fraction of sp³-hybridized carbons (Fsp3) is 0.333. The van der Waals surface area contributed by atoms with Crippen LogP contribution in [0.1, 0.15) is 11.4 Å². The second kappa shape index (κ2) is 7.10. The molecule has 0 aliphatic rings. The van der Waals surface area contributed by atoms with E-state index in [4.69, 9.17) is 0 Å². The van der Waals surface area contributed by atoms with Crippen molar-refractivity contribution >= 4 is 28.4 Å². The zero-order valence-corrected chi connectivity index (χ0v) is 16.1. The Kier molecular flexibility index (Phi) is 4.85. The van der Waals surface area contributed by atoms with E-state index >= 15 is 0 Å². The number of anilines is 2. The first-order chi connectivity index (χ1) is 12.8. The van der Waals surface area contributed by atoms with E-state index in [0.29, 0.717) is 11.4 Å². The highest BCUT2D eigenvalue weighted by Gasteiger charge is 2.15. The Morgan fingerprint density at radius 2 is 1.78 bits per heavy atom. The number of aryl methyl sites for hydroxylation is 3. The second-order valence-electron chi connectivity index (χ2n) is 6.61. The van der Waals surface area contributed by atoms with Crippen molar-refractivity contribution in [1.29, 1.82) is 0 Å². The van der Waals surface area contributed by atoms with Crippen LogP contribution in [0.5, 0.6) is 0 Å². The van der Waals surface area contributed by atoms with Gasteiger partial charge in [-0.25, -0.2) is 9.59 Å². The van der Waals surface area contributed by atoms with Crippen molar-refractivity contribution in [3.05, 3.63) is 46.4 Å². The molecule has 3 aromatic rings. The number of urea groups is 1. The summed E-state index contributed by atoms with van der Waals surface area (Å²) in [4.78, 5) is 34.8. The number of benzene rings is 1. The molecule has 3 rings (SSSR count). The van der Waals surface area contributed by atoms with Gasteiger partial charge in [-0.1, -0.05) is 0 Å². The lowest BCUT2D eigenvalue weighted by Crippen LogP contribution is -2.29. The number of hydrogen-bond donors (Lipinski definition) is 2. The summed E-state index contributed by atoms with van der Waals surface area (Å²) in [5.41, 5.74) is 4.33. The van der Waals surface area contributed by atoms with Gasteiger partial charge in [-0.3, -0.25) is 19.1 Å². The van der Waals surface area contributed by atoms with E-state index in [-0.39, 0.29) is 18.3 Å². The predicted octanol–water partition coefficient (Wildman–Crippen LogP) is 1.36. The minimum Gasteiger partial charge on any atom is -0.376 e. The van der Waals surface area contributed by atoms with E-state index in [9.17, 15) is 9.59 Å². The van der Waals surface area contributed by atoms with Gasteiger partial charge in [0.1, 0.15) is 0 Å². The molecule has 0 bridgehead atoms. The van der Waals surface area contributed by atoms with Crippen LogP contribution < -0.4 is 21.2 Å². The van der Waals surface area contributed by atoms with Gasteiger partial charge in [0.05, 0.1) is 46.5 Å². The highest BCUT2D eigenvalue weighted by atomic mass is 16.2. The Labute approximate surface area is 156 Å². The molecule has 0 spiro atoms. The Morgan fingerprint density at radius 1 is 1.11 bits per heavy atom. The molecule has 0 aliphatic carbocycles. The second-order valence-corrected chi connectivity index (χ2v) is 6.61. The number of imidazole rings is 1. The molecule has 2 aromatic heterocycles. The van der Waals surface area contributed by atoms with Crippen LogP contribution in [0.4, 0.5) is 16.2 Å².